The van der Waals surface area contributed by atoms with Crippen molar-refractivity contribution in [2.75, 3.05) is 13.2 Å². The summed E-state index contributed by atoms with van der Waals surface area (Å²) in [5.74, 6) is 1.01. The summed E-state index contributed by atoms with van der Waals surface area (Å²) in [6.45, 7) is 7.23. The smallest absolute Gasteiger partial charge is 0.123 e. The lowest BCUT2D eigenvalue weighted by atomic mass is 10.0. The maximum atomic E-state index is 5.81. The first-order valence-corrected chi connectivity index (χ1v) is 8.10. The molecule has 0 aliphatic heterocycles. The molecule has 0 radical (unpaired) electrons. The van der Waals surface area contributed by atoms with Gasteiger partial charge in [0.05, 0.1) is 6.61 Å². The van der Waals surface area contributed by atoms with Gasteiger partial charge in [-0.25, -0.2) is 0 Å². The number of rotatable bonds is 8. The van der Waals surface area contributed by atoms with Crippen LogP contribution in [0.2, 0.25) is 0 Å². The van der Waals surface area contributed by atoms with E-state index in [9.17, 15) is 0 Å². The van der Waals surface area contributed by atoms with E-state index in [4.69, 9.17) is 4.74 Å². The second kappa shape index (κ2) is 6.76. The van der Waals surface area contributed by atoms with Gasteiger partial charge in [-0.1, -0.05) is 29.8 Å². The largest absolute Gasteiger partial charge is 0.493 e. The quantitative estimate of drug-likeness (QED) is 0.758. The summed E-state index contributed by atoms with van der Waals surface area (Å²) in [6, 6.07) is 6.26. The van der Waals surface area contributed by atoms with Gasteiger partial charge >= 0.3 is 0 Å². The zero-order valence-corrected chi connectivity index (χ0v) is 13.6. The summed E-state index contributed by atoms with van der Waals surface area (Å²) in [5.41, 5.74) is 1.84. The normalized spacial score (nSPS) is 16.4. The molecule has 2 rings (SSSR count). The van der Waals surface area contributed by atoms with Crippen molar-refractivity contribution < 1.29 is 4.74 Å². The van der Waals surface area contributed by atoms with Gasteiger partial charge in [0.15, 0.2) is 0 Å². The van der Waals surface area contributed by atoms with Crippen LogP contribution in [0.3, 0.4) is 0 Å². The van der Waals surface area contributed by atoms with Crippen molar-refractivity contribution in [1.29, 1.82) is 0 Å². The van der Waals surface area contributed by atoms with Crippen LogP contribution in [0.4, 0.5) is 0 Å². The Morgan fingerprint density at radius 1 is 1.32 bits per heavy atom. The van der Waals surface area contributed by atoms with Crippen molar-refractivity contribution >= 4 is 15.9 Å². The van der Waals surface area contributed by atoms with Gasteiger partial charge in [-0.2, -0.15) is 0 Å². The molecule has 0 unspecified atom stereocenters. The Labute approximate surface area is 125 Å². The van der Waals surface area contributed by atoms with Crippen LogP contribution in [0.5, 0.6) is 5.75 Å². The van der Waals surface area contributed by atoms with E-state index in [1.165, 1.54) is 24.8 Å². The van der Waals surface area contributed by atoms with Gasteiger partial charge < -0.3 is 10.1 Å². The molecule has 0 bridgehead atoms. The minimum atomic E-state index is 0.594. The molecule has 106 valence electrons. The van der Waals surface area contributed by atoms with E-state index in [1.54, 1.807) is 0 Å². The van der Waals surface area contributed by atoms with Crippen LogP contribution in [0.25, 0.3) is 0 Å². The highest BCUT2D eigenvalue weighted by atomic mass is 79.9. The Morgan fingerprint density at radius 2 is 2.11 bits per heavy atom. The van der Waals surface area contributed by atoms with Crippen molar-refractivity contribution in [2.45, 2.75) is 46.1 Å². The molecule has 1 aromatic rings. The predicted molar refractivity (Wildman–Crippen MR) is 83.6 cm³/mol. The molecular formula is C16H24BrNO. The van der Waals surface area contributed by atoms with Gasteiger partial charge in [0, 0.05) is 23.1 Å². The third-order valence-electron chi connectivity index (χ3n) is 4.01. The van der Waals surface area contributed by atoms with E-state index in [1.807, 2.05) is 6.07 Å². The Balaban J connectivity index is 1.91. The third-order valence-corrected chi connectivity index (χ3v) is 4.50. The highest BCUT2D eigenvalue weighted by molar-refractivity contribution is 9.10. The number of hydrogen-bond acceptors (Lipinski definition) is 2. The second-order valence-electron chi connectivity index (χ2n) is 5.56. The summed E-state index contributed by atoms with van der Waals surface area (Å²) in [7, 11) is 0. The molecule has 2 nitrogen and oxygen atoms in total. The number of halogens is 1. The van der Waals surface area contributed by atoms with Crippen molar-refractivity contribution in [2.24, 2.45) is 5.41 Å². The lowest BCUT2D eigenvalue weighted by Gasteiger charge is -2.16. The van der Waals surface area contributed by atoms with Gasteiger partial charge in [-0.15, -0.1) is 0 Å². The van der Waals surface area contributed by atoms with E-state index in [-0.39, 0.29) is 0 Å². The Kier molecular flexibility index (Phi) is 5.28. The molecule has 0 aromatic heterocycles. The molecule has 1 fully saturated rings. The SMILES string of the molecule is CCCOc1ccc(Br)cc1CNCC1(CC)CC1. The molecule has 3 heteroatoms. The highest BCUT2D eigenvalue weighted by Gasteiger charge is 2.39. The number of benzene rings is 1. The molecule has 0 atom stereocenters. The average Bonchev–Trinajstić information content (AvgIpc) is 3.18. The van der Waals surface area contributed by atoms with E-state index in [2.05, 4.69) is 47.2 Å². The van der Waals surface area contributed by atoms with E-state index >= 15 is 0 Å². The monoisotopic (exact) mass is 325 g/mol. The first-order valence-electron chi connectivity index (χ1n) is 7.31. The van der Waals surface area contributed by atoms with Gasteiger partial charge in [0.25, 0.3) is 0 Å². The predicted octanol–water partition coefficient (Wildman–Crippen LogP) is 4.52. The van der Waals surface area contributed by atoms with Crippen molar-refractivity contribution in [1.82, 2.24) is 5.32 Å². The number of hydrogen-bond donors (Lipinski definition) is 1. The zero-order chi connectivity index (χ0) is 13.7. The maximum Gasteiger partial charge on any atom is 0.123 e. The lowest BCUT2D eigenvalue weighted by molar-refractivity contribution is 0.312. The molecule has 19 heavy (non-hydrogen) atoms. The Hall–Kier alpha value is -0.540. The van der Waals surface area contributed by atoms with Crippen LogP contribution in [-0.2, 0) is 6.54 Å². The molecule has 1 aliphatic carbocycles. The van der Waals surface area contributed by atoms with Crippen LogP contribution in [0.1, 0.15) is 45.1 Å². The minimum Gasteiger partial charge on any atom is -0.493 e. The van der Waals surface area contributed by atoms with Crippen LogP contribution in [0, 0.1) is 5.41 Å². The van der Waals surface area contributed by atoms with Gasteiger partial charge in [-0.05, 0) is 49.3 Å². The number of nitrogens with one attached hydrogen (secondary N) is 1. The summed E-state index contributed by atoms with van der Waals surface area (Å²) in [6.07, 6.45) is 5.10. The first-order chi connectivity index (χ1) is 9.19. The summed E-state index contributed by atoms with van der Waals surface area (Å²) in [5, 5.41) is 3.60. The Morgan fingerprint density at radius 3 is 2.74 bits per heavy atom. The fraction of sp³-hybridized carbons (Fsp3) is 0.625. The molecular weight excluding hydrogens is 302 g/mol. The summed E-state index contributed by atoms with van der Waals surface area (Å²) >= 11 is 3.54. The molecule has 1 aromatic carbocycles. The van der Waals surface area contributed by atoms with Gasteiger partial charge in [0.2, 0.25) is 0 Å². The van der Waals surface area contributed by atoms with Gasteiger partial charge in [0.1, 0.15) is 5.75 Å². The minimum absolute atomic E-state index is 0.594. The topological polar surface area (TPSA) is 21.3 Å². The van der Waals surface area contributed by atoms with Crippen molar-refractivity contribution in [3.05, 3.63) is 28.2 Å². The van der Waals surface area contributed by atoms with Crippen LogP contribution in [-0.4, -0.2) is 13.2 Å². The van der Waals surface area contributed by atoms with Crippen molar-refractivity contribution in [3.63, 3.8) is 0 Å². The molecule has 0 spiro atoms. The summed E-state index contributed by atoms with van der Waals surface area (Å²) < 4.78 is 6.92. The molecule has 1 aliphatic rings. The maximum absolute atomic E-state index is 5.81. The summed E-state index contributed by atoms with van der Waals surface area (Å²) in [4.78, 5) is 0. The molecule has 1 N–H and O–H groups in total. The molecule has 1 saturated carbocycles. The molecule has 0 amide bonds. The fourth-order valence-electron chi connectivity index (χ4n) is 2.33. The van der Waals surface area contributed by atoms with E-state index < -0.39 is 0 Å². The lowest BCUT2D eigenvalue weighted by Crippen LogP contribution is -2.23. The molecule has 0 saturated heterocycles. The zero-order valence-electron chi connectivity index (χ0n) is 12.0. The fourth-order valence-corrected chi connectivity index (χ4v) is 2.74. The van der Waals surface area contributed by atoms with Crippen molar-refractivity contribution in [3.8, 4) is 5.75 Å². The standard InChI is InChI=1S/C16H24BrNO/c1-3-9-19-15-6-5-14(17)10-13(15)11-18-12-16(4-2)7-8-16/h5-6,10,18H,3-4,7-9,11-12H2,1-2H3. The second-order valence-corrected chi connectivity index (χ2v) is 6.47. The van der Waals surface area contributed by atoms with E-state index in [0.29, 0.717) is 5.41 Å². The van der Waals surface area contributed by atoms with Crippen LogP contribution >= 0.6 is 15.9 Å². The van der Waals surface area contributed by atoms with E-state index in [0.717, 1.165) is 36.3 Å². The number of ether oxygens (including phenoxy) is 1. The average molecular weight is 326 g/mol. The first kappa shape index (κ1) is 14.9. The third kappa shape index (κ3) is 4.22. The Bertz CT molecular complexity index is 415. The highest BCUT2D eigenvalue weighted by Crippen LogP contribution is 2.47. The van der Waals surface area contributed by atoms with Gasteiger partial charge in [-0.3, -0.25) is 0 Å². The van der Waals surface area contributed by atoms with Crippen LogP contribution in [0.15, 0.2) is 22.7 Å². The van der Waals surface area contributed by atoms with Crippen LogP contribution < -0.4 is 10.1 Å². The molecule has 0 heterocycles.